The van der Waals surface area contributed by atoms with Crippen LogP contribution in [0.3, 0.4) is 0 Å². The van der Waals surface area contributed by atoms with E-state index in [1.54, 1.807) is 0 Å². The van der Waals surface area contributed by atoms with Crippen molar-refractivity contribution in [3.63, 3.8) is 0 Å². The smallest absolute Gasteiger partial charge is 0.301 e. The van der Waals surface area contributed by atoms with E-state index in [1.807, 2.05) is 18.2 Å². The fourth-order valence-electron chi connectivity index (χ4n) is 1.86. The first-order valence-electron chi connectivity index (χ1n) is 6.57. The number of thioether (sulfide) groups is 1. The molecule has 1 aromatic heterocycles. The van der Waals surface area contributed by atoms with Crippen LogP contribution in [0.15, 0.2) is 47.5 Å². The Bertz CT molecular complexity index is 605. The summed E-state index contributed by atoms with van der Waals surface area (Å²) >= 11 is 1.39. The molecule has 0 bridgehead atoms. The number of methoxy groups -OCH3 is 1. The SMILES string of the molecule is COc1ccc([N+](=O)[O-])c(SCCCc2ccccc2)n1. The van der Waals surface area contributed by atoms with E-state index >= 15 is 0 Å². The topological polar surface area (TPSA) is 65.3 Å². The highest BCUT2D eigenvalue weighted by Crippen LogP contribution is 2.29. The van der Waals surface area contributed by atoms with Crippen LogP contribution < -0.4 is 4.74 Å². The highest BCUT2D eigenvalue weighted by Gasteiger charge is 2.16. The summed E-state index contributed by atoms with van der Waals surface area (Å²) in [6.07, 6.45) is 1.89. The van der Waals surface area contributed by atoms with Crippen molar-refractivity contribution in [2.75, 3.05) is 12.9 Å². The van der Waals surface area contributed by atoms with E-state index in [4.69, 9.17) is 4.74 Å². The van der Waals surface area contributed by atoms with Crippen LogP contribution in [0, 0.1) is 10.1 Å². The van der Waals surface area contributed by atoms with Crippen LogP contribution in [0.2, 0.25) is 0 Å². The predicted molar refractivity (Wildman–Crippen MR) is 82.9 cm³/mol. The zero-order valence-corrected chi connectivity index (χ0v) is 12.5. The van der Waals surface area contributed by atoms with Crippen molar-refractivity contribution in [1.82, 2.24) is 4.98 Å². The zero-order chi connectivity index (χ0) is 15.1. The van der Waals surface area contributed by atoms with Crippen LogP contribution in [0.1, 0.15) is 12.0 Å². The van der Waals surface area contributed by atoms with Gasteiger partial charge in [0, 0.05) is 17.9 Å². The molecule has 21 heavy (non-hydrogen) atoms. The first-order chi connectivity index (χ1) is 10.2. The van der Waals surface area contributed by atoms with Crippen LogP contribution in [-0.2, 0) is 6.42 Å². The van der Waals surface area contributed by atoms with Crippen molar-refractivity contribution in [2.24, 2.45) is 0 Å². The molecule has 0 unspecified atom stereocenters. The van der Waals surface area contributed by atoms with E-state index in [1.165, 1.54) is 36.6 Å². The van der Waals surface area contributed by atoms with Gasteiger partial charge in [-0.25, -0.2) is 0 Å². The third-order valence-electron chi connectivity index (χ3n) is 2.91. The summed E-state index contributed by atoms with van der Waals surface area (Å²) in [6, 6.07) is 13.1. The van der Waals surface area contributed by atoms with E-state index < -0.39 is 4.92 Å². The van der Waals surface area contributed by atoms with Crippen molar-refractivity contribution >= 4 is 17.4 Å². The molecule has 0 atom stereocenters. The van der Waals surface area contributed by atoms with Crippen LogP contribution >= 0.6 is 11.8 Å². The molecule has 2 rings (SSSR count). The predicted octanol–water partition coefficient (Wildman–Crippen LogP) is 3.72. The van der Waals surface area contributed by atoms with Crippen molar-refractivity contribution in [3.8, 4) is 5.88 Å². The van der Waals surface area contributed by atoms with E-state index in [0.29, 0.717) is 10.9 Å². The Kier molecular flexibility index (Phi) is 5.57. The summed E-state index contributed by atoms with van der Waals surface area (Å²) in [5, 5.41) is 11.4. The van der Waals surface area contributed by atoms with E-state index in [0.717, 1.165) is 18.6 Å². The number of nitrogens with zero attached hydrogens (tertiary/aromatic N) is 2. The summed E-state index contributed by atoms with van der Waals surface area (Å²) in [4.78, 5) is 14.7. The number of aromatic nitrogens is 1. The number of ether oxygens (including phenoxy) is 1. The van der Waals surface area contributed by atoms with Gasteiger partial charge in [-0.05, 0) is 18.4 Å². The molecule has 0 fully saturated rings. The Morgan fingerprint density at radius 2 is 2.00 bits per heavy atom. The third-order valence-corrected chi connectivity index (χ3v) is 3.98. The molecule has 0 aliphatic carbocycles. The Morgan fingerprint density at radius 3 is 2.67 bits per heavy atom. The molecule has 0 N–H and O–H groups in total. The van der Waals surface area contributed by atoms with E-state index in [-0.39, 0.29) is 5.69 Å². The fraction of sp³-hybridized carbons (Fsp3) is 0.267. The molecule has 0 radical (unpaired) electrons. The number of hydrogen-bond acceptors (Lipinski definition) is 5. The van der Waals surface area contributed by atoms with Crippen molar-refractivity contribution < 1.29 is 9.66 Å². The molecule has 5 nitrogen and oxygen atoms in total. The van der Waals surface area contributed by atoms with Gasteiger partial charge in [0.15, 0.2) is 5.03 Å². The second kappa shape index (κ2) is 7.64. The Hall–Kier alpha value is -2.08. The molecule has 0 spiro atoms. The number of aryl methyl sites for hydroxylation is 1. The first kappa shape index (κ1) is 15.3. The van der Waals surface area contributed by atoms with Gasteiger partial charge in [0.2, 0.25) is 5.88 Å². The number of nitro groups is 1. The molecule has 0 amide bonds. The summed E-state index contributed by atoms with van der Waals surface area (Å²) in [5.74, 6) is 1.17. The lowest BCUT2D eigenvalue weighted by molar-refractivity contribution is -0.388. The van der Waals surface area contributed by atoms with E-state index in [2.05, 4.69) is 17.1 Å². The average Bonchev–Trinajstić information content (AvgIpc) is 2.52. The number of hydrogen-bond donors (Lipinski definition) is 0. The monoisotopic (exact) mass is 304 g/mol. The van der Waals surface area contributed by atoms with Gasteiger partial charge in [-0.3, -0.25) is 10.1 Å². The molecule has 1 aromatic carbocycles. The van der Waals surface area contributed by atoms with Crippen LogP contribution in [0.4, 0.5) is 5.69 Å². The van der Waals surface area contributed by atoms with Crippen LogP contribution in [0.5, 0.6) is 5.88 Å². The maximum absolute atomic E-state index is 11.0. The number of rotatable bonds is 7. The third kappa shape index (κ3) is 4.46. The molecule has 2 aromatic rings. The molecule has 0 saturated heterocycles. The second-order valence-corrected chi connectivity index (χ2v) is 5.46. The molecular formula is C15H16N2O3S. The lowest BCUT2D eigenvalue weighted by atomic mass is 10.1. The second-order valence-electron chi connectivity index (χ2n) is 4.37. The minimum Gasteiger partial charge on any atom is -0.481 e. The molecule has 6 heteroatoms. The Balaban J connectivity index is 1.94. The largest absolute Gasteiger partial charge is 0.481 e. The van der Waals surface area contributed by atoms with Gasteiger partial charge in [-0.2, -0.15) is 4.98 Å². The van der Waals surface area contributed by atoms with Gasteiger partial charge in [0.1, 0.15) is 0 Å². The maximum Gasteiger partial charge on any atom is 0.301 e. The molecule has 0 saturated carbocycles. The van der Waals surface area contributed by atoms with Gasteiger partial charge in [0.25, 0.3) is 0 Å². The molecular weight excluding hydrogens is 288 g/mol. The summed E-state index contributed by atoms with van der Waals surface area (Å²) < 4.78 is 5.02. The number of pyridine rings is 1. The Labute approximate surface area is 127 Å². The molecule has 1 heterocycles. The molecule has 110 valence electrons. The van der Waals surface area contributed by atoms with Crippen molar-refractivity contribution in [3.05, 3.63) is 58.1 Å². The Morgan fingerprint density at radius 1 is 1.24 bits per heavy atom. The van der Waals surface area contributed by atoms with Gasteiger partial charge in [0.05, 0.1) is 12.0 Å². The zero-order valence-electron chi connectivity index (χ0n) is 11.7. The minimum atomic E-state index is -0.411. The minimum absolute atomic E-state index is 0.0283. The van der Waals surface area contributed by atoms with Crippen molar-refractivity contribution in [1.29, 1.82) is 0 Å². The quantitative estimate of drug-likeness (QED) is 0.337. The molecule has 0 aliphatic heterocycles. The van der Waals surface area contributed by atoms with E-state index in [9.17, 15) is 10.1 Å². The first-order valence-corrected chi connectivity index (χ1v) is 7.55. The van der Waals surface area contributed by atoms with Gasteiger partial charge in [-0.15, -0.1) is 0 Å². The van der Waals surface area contributed by atoms with Crippen molar-refractivity contribution in [2.45, 2.75) is 17.9 Å². The fourth-order valence-corrected chi connectivity index (χ4v) is 2.79. The highest BCUT2D eigenvalue weighted by atomic mass is 32.2. The summed E-state index contributed by atoms with van der Waals surface area (Å²) in [7, 11) is 1.50. The summed E-state index contributed by atoms with van der Waals surface area (Å²) in [5.41, 5.74) is 1.30. The molecule has 0 aliphatic rings. The highest BCUT2D eigenvalue weighted by molar-refractivity contribution is 7.99. The summed E-state index contributed by atoms with van der Waals surface area (Å²) in [6.45, 7) is 0. The number of benzene rings is 1. The average molecular weight is 304 g/mol. The lowest BCUT2D eigenvalue weighted by Gasteiger charge is -2.05. The maximum atomic E-state index is 11.0. The van der Waals surface area contributed by atoms with Crippen LogP contribution in [-0.4, -0.2) is 22.8 Å². The van der Waals surface area contributed by atoms with Gasteiger partial charge in [-0.1, -0.05) is 42.1 Å². The van der Waals surface area contributed by atoms with Crippen LogP contribution in [0.25, 0.3) is 0 Å². The van der Waals surface area contributed by atoms with Gasteiger partial charge >= 0.3 is 5.69 Å². The van der Waals surface area contributed by atoms with Gasteiger partial charge < -0.3 is 4.74 Å². The normalized spacial score (nSPS) is 10.3. The lowest BCUT2D eigenvalue weighted by Crippen LogP contribution is -1.97. The standard InChI is InChI=1S/C15H16N2O3S/c1-20-14-10-9-13(17(18)19)15(16-14)21-11-5-8-12-6-3-2-4-7-12/h2-4,6-7,9-10H,5,8,11H2,1H3.